The maximum atomic E-state index is 11.8. The van der Waals surface area contributed by atoms with Crippen LogP contribution in [0.1, 0.15) is 23.2 Å². The highest BCUT2D eigenvalue weighted by Gasteiger charge is 2.28. The van der Waals surface area contributed by atoms with Crippen LogP contribution in [0.15, 0.2) is 24.3 Å². The van der Waals surface area contributed by atoms with Crippen LogP contribution >= 0.6 is 0 Å². The Labute approximate surface area is 94.2 Å². The van der Waals surface area contributed by atoms with Crippen LogP contribution < -0.4 is 10.1 Å². The van der Waals surface area contributed by atoms with Gasteiger partial charge in [0, 0.05) is 11.6 Å². The zero-order valence-electron chi connectivity index (χ0n) is 9.14. The summed E-state index contributed by atoms with van der Waals surface area (Å²) in [6.45, 7) is 0. The number of hydrogen-bond donors (Lipinski definition) is 2. The van der Waals surface area contributed by atoms with E-state index in [2.05, 4.69) is 5.32 Å². The van der Waals surface area contributed by atoms with Crippen molar-refractivity contribution in [1.29, 1.82) is 0 Å². The van der Waals surface area contributed by atoms with Crippen LogP contribution in [0.25, 0.3) is 0 Å². The van der Waals surface area contributed by atoms with Crippen molar-refractivity contribution in [3.63, 3.8) is 0 Å². The summed E-state index contributed by atoms with van der Waals surface area (Å²) in [5, 5.41) is 12.0. The van der Waals surface area contributed by atoms with E-state index in [1.54, 1.807) is 31.4 Å². The number of ether oxygens (including phenoxy) is 1. The summed E-state index contributed by atoms with van der Waals surface area (Å²) in [4.78, 5) is 11.8. The van der Waals surface area contributed by atoms with E-state index in [-0.39, 0.29) is 18.1 Å². The standard InChI is InChI=1S/C12H15NO3/c1-16-11-4-2-3-8(5-11)12(15)13-9-6-10(14)7-9/h2-5,9-10,14H,6-7H2,1H3,(H,13,15). The Morgan fingerprint density at radius 2 is 2.25 bits per heavy atom. The molecule has 0 atom stereocenters. The van der Waals surface area contributed by atoms with Crippen LogP contribution in [-0.4, -0.2) is 30.3 Å². The number of rotatable bonds is 3. The van der Waals surface area contributed by atoms with E-state index in [1.807, 2.05) is 0 Å². The highest BCUT2D eigenvalue weighted by molar-refractivity contribution is 5.94. The van der Waals surface area contributed by atoms with Gasteiger partial charge in [0.15, 0.2) is 0 Å². The Hall–Kier alpha value is -1.55. The first-order valence-corrected chi connectivity index (χ1v) is 5.32. The second kappa shape index (κ2) is 4.53. The molecule has 0 aromatic heterocycles. The molecule has 4 nitrogen and oxygen atoms in total. The first-order valence-electron chi connectivity index (χ1n) is 5.32. The second-order valence-electron chi connectivity index (χ2n) is 4.03. The highest BCUT2D eigenvalue weighted by atomic mass is 16.5. The number of carbonyl (C=O) groups excluding carboxylic acids is 1. The van der Waals surface area contributed by atoms with E-state index in [9.17, 15) is 4.79 Å². The minimum atomic E-state index is -0.254. The van der Waals surface area contributed by atoms with Gasteiger partial charge in [0.05, 0.1) is 13.2 Å². The maximum Gasteiger partial charge on any atom is 0.251 e. The smallest absolute Gasteiger partial charge is 0.251 e. The summed E-state index contributed by atoms with van der Waals surface area (Å²) in [5.41, 5.74) is 0.584. The van der Waals surface area contributed by atoms with Crippen molar-refractivity contribution in [3.8, 4) is 5.75 Å². The Kier molecular flexibility index (Phi) is 3.10. The summed E-state index contributed by atoms with van der Waals surface area (Å²) in [5.74, 6) is 0.553. The van der Waals surface area contributed by atoms with Gasteiger partial charge >= 0.3 is 0 Å². The molecule has 0 unspecified atom stereocenters. The van der Waals surface area contributed by atoms with Crippen molar-refractivity contribution >= 4 is 5.91 Å². The lowest BCUT2D eigenvalue weighted by molar-refractivity contribution is 0.0562. The number of amides is 1. The van der Waals surface area contributed by atoms with Gasteiger partial charge in [-0.2, -0.15) is 0 Å². The number of benzene rings is 1. The van der Waals surface area contributed by atoms with Crippen LogP contribution in [0, 0.1) is 0 Å². The Balaban J connectivity index is 1.97. The molecule has 2 N–H and O–H groups in total. The number of aliphatic hydroxyl groups excluding tert-OH is 1. The number of methoxy groups -OCH3 is 1. The van der Waals surface area contributed by atoms with Crippen molar-refractivity contribution in [2.24, 2.45) is 0 Å². The van der Waals surface area contributed by atoms with E-state index in [4.69, 9.17) is 9.84 Å². The predicted molar refractivity (Wildman–Crippen MR) is 59.5 cm³/mol. The Bertz CT molecular complexity index is 386. The van der Waals surface area contributed by atoms with Crippen molar-refractivity contribution in [2.45, 2.75) is 25.0 Å². The van der Waals surface area contributed by atoms with Gasteiger partial charge in [0.25, 0.3) is 5.91 Å². The largest absolute Gasteiger partial charge is 0.497 e. The quantitative estimate of drug-likeness (QED) is 0.799. The third-order valence-electron chi connectivity index (χ3n) is 2.78. The first kappa shape index (κ1) is 11.0. The molecule has 4 heteroatoms. The van der Waals surface area contributed by atoms with E-state index >= 15 is 0 Å². The molecule has 0 bridgehead atoms. The molecule has 1 aliphatic rings. The summed E-state index contributed by atoms with van der Waals surface area (Å²) < 4.78 is 5.05. The molecule has 1 saturated carbocycles. The molecule has 1 amide bonds. The second-order valence-corrected chi connectivity index (χ2v) is 4.03. The molecule has 0 spiro atoms. The molecule has 1 aromatic rings. The zero-order valence-corrected chi connectivity index (χ0v) is 9.14. The Morgan fingerprint density at radius 1 is 1.50 bits per heavy atom. The van der Waals surface area contributed by atoms with Crippen LogP contribution in [-0.2, 0) is 0 Å². The van der Waals surface area contributed by atoms with E-state index in [0.717, 1.165) is 0 Å². The average molecular weight is 221 g/mol. The summed E-state index contributed by atoms with van der Waals surface area (Å²) in [6.07, 6.45) is 1.04. The van der Waals surface area contributed by atoms with Crippen molar-refractivity contribution < 1.29 is 14.6 Å². The maximum absolute atomic E-state index is 11.8. The number of carbonyl (C=O) groups is 1. The average Bonchev–Trinajstić information content (AvgIpc) is 2.27. The van der Waals surface area contributed by atoms with Gasteiger partial charge in [0.1, 0.15) is 5.75 Å². The van der Waals surface area contributed by atoms with Crippen molar-refractivity contribution in [3.05, 3.63) is 29.8 Å². The van der Waals surface area contributed by atoms with E-state index < -0.39 is 0 Å². The van der Waals surface area contributed by atoms with Gasteiger partial charge in [-0.15, -0.1) is 0 Å². The molecule has 0 radical (unpaired) electrons. The van der Waals surface area contributed by atoms with Crippen molar-refractivity contribution in [2.75, 3.05) is 7.11 Å². The van der Waals surface area contributed by atoms with Gasteiger partial charge in [-0.05, 0) is 31.0 Å². The topological polar surface area (TPSA) is 58.6 Å². The number of hydrogen-bond acceptors (Lipinski definition) is 3. The fourth-order valence-corrected chi connectivity index (χ4v) is 1.74. The van der Waals surface area contributed by atoms with Crippen LogP contribution in [0.5, 0.6) is 5.75 Å². The number of aliphatic hydroxyl groups is 1. The molecular weight excluding hydrogens is 206 g/mol. The SMILES string of the molecule is COc1cccc(C(=O)NC2CC(O)C2)c1. The molecule has 86 valence electrons. The van der Waals surface area contributed by atoms with Crippen molar-refractivity contribution in [1.82, 2.24) is 5.32 Å². The minimum Gasteiger partial charge on any atom is -0.497 e. The molecule has 1 aliphatic carbocycles. The molecule has 0 heterocycles. The first-order chi connectivity index (χ1) is 7.69. The predicted octanol–water partition coefficient (Wildman–Crippen LogP) is 0.948. The van der Waals surface area contributed by atoms with Gasteiger partial charge in [-0.3, -0.25) is 4.79 Å². The lowest BCUT2D eigenvalue weighted by Crippen LogP contribution is -2.46. The van der Waals surface area contributed by atoms with E-state index in [1.165, 1.54) is 0 Å². The molecule has 0 aliphatic heterocycles. The molecule has 1 aromatic carbocycles. The summed E-state index contributed by atoms with van der Waals surface area (Å²) in [6, 6.07) is 7.12. The number of nitrogens with one attached hydrogen (secondary N) is 1. The minimum absolute atomic E-state index is 0.105. The lowest BCUT2D eigenvalue weighted by atomic mass is 9.89. The normalized spacial score (nSPS) is 23.4. The zero-order chi connectivity index (χ0) is 11.5. The fourth-order valence-electron chi connectivity index (χ4n) is 1.74. The molecule has 0 saturated heterocycles. The Morgan fingerprint density at radius 3 is 2.88 bits per heavy atom. The molecule has 1 fully saturated rings. The van der Waals surface area contributed by atoms with Crippen LogP contribution in [0.3, 0.4) is 0 Å². The van der Waals surface area contributed by atoms with Crippen LogP contribution in [0.2, 0.25) is 0 Å². The van der Waals surface area contributed by atoms with Gasteiger partial charge in [0.2, 0.25) is 0 Å². The summed E-state index contributed by atoms with van der Waals surface area (Å²) in [7, 11) is 1.57. The molecule has 16 heavy (non-hydrogen) atoms. The molecule has 2 rings (SSSR count). The van der Waals surface area contributed by atoms with Crippen LogP contribution in [0.4, 0.5) is 0 Å². The fraction of sp³-hybridized carbons (Fsp3) is 0.417. The third-order valence-corrected chi connectivity index (χ3v) is 2.78. The third kappa shape index (κ3) is 2.33. The monoisotopic (exact) mass is 221 g/mol. The summed E-state index contributed by atoms with van der Waals surface area (Å²) >= 11 is 0. The van der Waals surface area contributed by atoms with Gasteiger partial charge < -0.3 is 15.2 Å². The lowest BCUT2D eigenvalue weighted by Gasteiger charge is -2.31. The molecular formula is C12H15NO3. The van der Waals surface area contributed by atoms with E-state index in [0.29, 0.717) is 24.2 Å². The van der Waals surface area contributed by atoms with Gasteiger partial charge in [-0.1, -0.05) is 6.07 Å². The van der Waals surface area contributed by atoms with Gasteiger partial charge in [-0.25, -0.2) is 0 Å². The highest BCUT2D eigenvalue weighted by Crippen LogP contribution is 2.20.